The van der Waals surface area contributed by atoms with Gasteiger partial charge in [0.25, 0.3) is 0 Å². The number of fused-ring (bicyclic) bond motifs is 1. The Labute approximate surface area is 244 Å². The summed E-state index contributed by atoms with van der Waals surface area (Å²) >= 11 is 0. The van der Waals surface area contributed by atoms with E-state index in [-0.39, 0.29) is 0 Å². The number of benzene rings is 2. The fourth-order valence-electron chi connectivity index (χ4n) is 5.61. The number of aromatic nitrogens is 7. The second-order valence-corrected chi connectivity index (χ2v) is 10.6. The summed E-state index contributed by atoms with van der Waals surface area (Å²) < 4.78 is 0. The maximum atomic E-state index is 5.01. The number of likely N-dealkylation sites (tertiary alicyclic amines) is 1. The van der Waals surface area contributed by atoms with Gasteiger partial charge in [-0.2, -0.15) is 4.98 Å². The van der Waals surface area contributed by atoms with E-state index in [2.05, 4.69) is 94.9 Å². The van der Waals surface area contributed by atoms with Crippen molar-refractivity contribution in [1.82, 2.24) is 40.0 Å². The molecule has 0 atom stereocenters. The van der Waals surface area contributed by atoms with Crippen LogP contribution in [0.2, 0.25) is 0 Å². The molecule has 4 aromatic heterocycles. The van der Waals surface area contributed by atoms with Crippen molar-refractivity contribution < 1.29 is 0 Å². The maximum absolute atomic E-state index is 5.01. The summed E-state index contributed by atoms with van der Waals surface area (Å²) in [6, 6.07) is 27.1. The first-order valence-corrected chi connectivity index (χ1v) is 14.3. The summed E-state index contributed by atoms with van der Waals surface area (Å²) in [5.41, 5.74) is 6.95. The van der Waals surface area contributed by atoms with Crippen molar-refractivity contribution in [1.29, 1.82) is 0 Å². The smallest absolute Gasteiger partial charge is 0.224 e. The van der Waals surface area contributed by atoms with Crippen LogP contribution in [0.3, 0.4) is 0 Å². The lowest BCUT2D eigenvalue weighted by molar-refractivity contribution is 0.202. The Bertz CT molecular complexity index is 1790. The maximum Gasteiger partial charge on any atom is 0.224 e. The summed E-state index contributed by atoms with van der Waals surface area (Å²) in [6.45, 7) is 2.95. The second kappa shape index (κ2) is 11.5. The molecule has 2 N–H and O–H groups in total. The van der Waals surface area contributed by atoms with Crippen LogP contribution in [0, 0.1) is 0 Å². The monoisotopic (exact) mass is 553 g/mol. The van der Waals surface area contributed by atoms with Crippen molar-refractivity contribution in [2.45, 2.75) is 25.3 Å². The topological polar surface area (TPSA) is 108 Å². The summed E-state index contributed by atoms with van der Waals surface area (Å²) in [5.74, 6) is 2.64. The zero-order chi connectivity index (χ0) is 28.3. The van der Waals surface area contributed by atoms with E-state index in [9.17, 15) is 0 Å². The van der Waals surface area contributed by atoms with Gasteiger partial charge in [0.1, 0.15) is 11.5 Å². The molecule has 208 valence electrons. The van der Waals surface area contributed by atoms with Gasteiger partial charge in [0.2, 0.25) is 5.95 Å². The second-order valence-electron chi connectivity index (χ2n) is 10.6. The average molecular weight is 554 g/mol. The van der Waals surface area contributed by atoms with E-state index in [1.54, 1.807) is 6.20 Å². The average Bonchev–Trinajstić information content (AvgIpc) is 3.56. The molecule has 7 rings (SSSR count). The van der Waals surface area contributed by atoms with Crippen LogP contribution < -0.4 is 5.32 Å². The molecule has 1 aliphatic heterocycles. The highest BCUT2D eigenvalue weighted by Crippen LogP contribution is 2.34. The van der Waals surface area contributed by atoms with Gasteiger partial charge >= 0.3 is 0 Å². The Kier molecular flexibility index (Phi) is 7.07. The Morgan fingerprint density at radius 1 is 0.857 bits per heavy atom. The number of hydrogen-bond acceptors (Lipinski definition) is 8. The Morgan fingerprint density at radius 2 is 1.67 bits per heavy atom. The third-order valence-corrected chi connectivity index (χ3v) is 7.90. The lowest BCUT2D eigenvalue weighted by Crippen LogP contribution is -2.32. The molecule has 0 unspecified atom stereocenters. The number of pyridine rings is 2. The number of rotatable bonds is 7. The predicted molar refractivity (Wildman–Crippen MR) is 165 cm³/mol. The molecule has 0 spiro atoms. The minimum atomic E-state index is 0.385. The van der Waals surface area contributed by atoms with E-state index in [1.807, 2.05) is 37.5 Å². The molecule has 0 aliphatic carbocycles. The van der Waals surface area contributed by atoms with Crippen LogP contribution in [0.4, 0.5) is 5.95 Å². The van der Waals surface area contributed by atoms with E-state index in [1.165, 1.54) is 5.56 Å². The predicted octanol–water partition coefficient (Wildman–Crippen LogP) is 5.96. The van der Waals surface area contributed by atoms with Crippen molar-refractivity contribution in [3.63, 3.8) is 0 Å². The highest BCUT2D eigenvalue weighted by atomic mass is 15.2. The highest BCUT2D eigenvalue weighted by Gasteiger charge is 2.24. The number of nitrogens with one attached hydrogen (secondary N) is 2. The molecule has 2 aromatic carbocycles. The van der Waals surface area contributed by atoms with Gasteiger partial charge in [-0.3, -0.25) is 9.88 Å². The molecule has 9 heteroatoms. The third kappa shape index (κ3) is 5.34. The van der Waals surface area contributed by atoms with Gasteiger partial charge in [-0.25, -0.2) is 9.97 Å². The van der Waals surface area contributed by atoms with Gasteiger partial charge in [-0.05, 0) is 55.3 Å². The molecule has 9 nitrogen and oxygen atoms in total. The van der Waals surface area contributed by atoms with Gasteiger partial charge in [0.15, 0.2) is 11.5 Å². The van der Waals surface area contributed by atoms with Gasteiger partial charge < -0.3 is 10.3 Å². The summed E-state index contributed by atoms with van der Waals surface area (Å²) in [5, 5.41) is 12.7. The number of anilines is 1. The summed E-state index contributed by atoms with van der Waals surface area (Å²) in [7, 11) is 1.81. The number of H-pyrrole nitrogens is 1. The minimum Gasteiger partial charge on any atom is -0.357 e. The van der Waals surface area contributed by atoms with E-state index in [0.29, 0.717) is 17.5 Å². The third-order valence-electron chi connectivity index (χ3n) is 7.90. The van der Waals surface area contributed by atoms with E-state index < -0.39 is 0 Å². The molecular weight excluding hydrogens is 522 g/mol. The standard InChI is InChI=1S/C33H31N9/c1-34-33-36-20-26-19-27(23-7-3-2-4-8-23)29(37-30(26)39-33)24-12-10-22(11-13-24)21-42-17-14-25(15-18-42)31-38-32(41-40-31)28-9-5-6-16-35-28/h2-13,16,19-20,25H,14-15,17-18,21H2,1H3,(H,38,40,41)(H,34,36,37,39). The fraction of sp³-hybridized carbons (Fsp3) is 0.212. The van der Waals surface area contributed by atoms with Crippen LogP contribution in [0.5, 0.6) is 0 Å². The molecule has 1 fully saturated rings. The van der Waals surface area contributed by atoms with Crippen molar-refractivity contribution in [3.8, 4) is 33.9 Å². The number of aromatic amines is 1. The molecule has 6 aromatic rings. The SMILES string of the molecule is CNc1ncc2cc(-c3ccccc3)c(-c3ccc(CN4CCC(c5nnc(-c6ccccn6)[nH]5)CC4)cc3)nc2n1. The van der Waals surface area contributed by atoms with Crippen LogP contribution in [0.15, 0.2) is 91.3 Å². The molecule has 0 amide bonds. The quantitative estimate of drug-likeness (QED) is 0.249. The van der Waals surface area contributed by atoms with Crippen molar-refractivity contribution >= 4 is 17.0 Å². The molecule has 5 heterocycles. The van der Waals surface area contributed by atoms with Crippen LogP contribution in [-0.4, -0.2) is 60.2 Å². The number of nitrogens with zero attached hydrogens (tertiary/aromatic N) is 7. The lowest BCUT2D eigenvalue weighted by Gasteiger charge is -2.30. The molecule has 1 aliphatic rings. The first-order chi connectivity index (χ1) is 20.7. The van der Waals surface area contributed by atoms with Gasteiger partial charge in [0.05, 0.1) is 5.69 Å². The first-order valence-electron chi connectivity index (χ1n) is 14.3. The number of piperidine rings is 1. The highest BCUT2D eigenvalue weighted by molar-refractivity contribution is 5.90. The number of hydrogen-bond donors (Lipinski definition) is 2. The van der Waals surface area contributed by atoms with Crippen LogP contribution in [-0.2, 0) is 6.54 Å². The Hall–Kier alpha value is -5.02. The molecule has 0 saturated carbocycles. The summed E-state index contributed by atoms with van der Waals surface area (Å²) in [6.07, 6.45) is 5.70. The van der Waals surface area contributed by atoms with Crippen LogP contribution >= 0.6 is 0 Å². The van der Waals surface area contributed by atoms with Gasteiger partial charge in [-0.15, -0.1) is 10.2 Å². The largest absolute Gasteiger partial charge is 0.357 e. The molecule has 42 heavy (non-hydrogen) atoms. The van der Waals surface area contributed by atoms with Crippen molar-refractivity contribution in [2.75, 3.05) is 25.5 Å². The first kappa shape index (κ1) is 25.9. The molecular formula is C33H31N9. The fourth-order valence-corrected chi connectivity index (χ4v) is 5.61. The van der Waals surface area contributed by atoms with Crippen molar-refractivity contribution in [3.05, 3.63) is 103 Å². The Balaban J connectivity index is 1.06. The lowest BCUT2D eigenvalue weighted by atomic mass is 9.95. The molecule has 0 radical (unpaired) electrons. The summed E-state index contributed by atoms with van der Waals surface area (Å²) in [4.78, 5) is 24.3. The molecule has 1 saturated heterocycles. The molecule has 0 bridgehead atoms. The zero-order valence-corrected chi connectivity index (χ0v) is 23.4. The van der Waals surface area contributed by atoms with Crippen LogP contribution in [0.25, 0.3) is 44.9 Å². The van der Waals surface area contributed by atoms with Crippen molar-refractivity contribution in [2.24, 2.45) is 0 Å². The van der Waals surface area contributed by atoms with Gasteiger partial charge in [0, 0.05) is 48.4 Å². The van der Waals surface area contributed by atoms with E-state index in [0.717, 1.165) is 77.6 Å². The minimum absolute atomic E-state index is 0.385. The van der Waals surface area contributed by atoms with E-state index >= 15 is 0 Å². The zero-order valence-electron chi connectivity index (χ0n) is 23.4. The normalized spacial score (nSPS) is 14.3. The van der Waals surface area contributed by atoms with E-state index in [4.69, 9.17) is 4.98 Å². The van der Waals surface area contributed by atoms with Gasteiger partial charge in [-0.1, -0.05) is 60.7 Å². The Morgan fingerprint density at radius 3 is 2.43 bits per heavy atom. The van der Waals surface area contributed by atoms with Crippen LogP contribution in [0.1, 0.15) is 30.1 Å².